The second-order valence-corrected chi connectivity index (χ2v) is 5.50. The zero-order valence-corrected chi connectivity index (χ0v) is 12.6. The summed E-state index contributed by atoms with van der Waals surface area (Å²) in [4.78, 5) is 23.0. The minimum Gasteiger partial charge on any atom is -0.294 e. The van der Waals surface area contributed by atoms with Crippen LogP contribution in [0.5, 0.6) is 0 Å². The largest absolute Gasteiger partial charge is 0.454 e. The van der Waals surface area contributed by atoms with E-state index in [1.807, 2.05) is 13.8 Å². The van der Waals surface area contributed by atoms with E-state index >= 15 is 0 Å². The van der Waals surface area contributed by atoms with Crippen LogP contribution < -0.4 is 0 Å². The van der Waals surface area contributed by atoms with Gasteiger partial charge in [-0.05, 0) is 11.1 Å². The second kappa shape index (κ2) is 6.36. The molecule has 2 nitrogen and oxygen atoms in total. The van der Waals surface area contributed by atoms with Crippen LogP contribution in [0.1, 0.15) is 34.6 Å². The van der Waals surface area contributed by atoms with Crippen LogP contribution in [0.3, 0.4) is 0 Å². The van der Waals surface area contributed by atoms with Crippen LogP contribution >= 0.6 is 0 Å². The van der Waals surface area contributed by atoms with Crippen molar-refractivity contribution in [2.24, 2.45) is 5.92 Å². The Bertz CT molecular complexity index is 711. The molecule has 0 saturated heterocycles. The molecule has 0 fully saturated rings. The molecule has 0 aliphatic carbocycles. The number of Topliss-reactive ketones (excluding diaryl/α,β-unsaturated/α-hetero) is 2. The van der Waals surface area contributed by atoms with Crippen LogP contribution in [0.25, 0.3) is 11.1 Å². The van der Waals surface area contributed by atoms with Crippen LogP contribution in [0.2, 0.25) is 0 Å². The highest BCUT2D eigenvalue weighted by molar-refractivity contribution is 6.00. The van der Waals surface area contributed by atoms with Gasteiger partial charge >= 0.3 is 6.18 Å². The first-order valence-corrected chi connectivity index (χ1v) is 7.06. The number of hydrogen-bond donors (Lipinski definition) is 0. The van der Waals surface area contributed by atoms with Crippen LogP contribution in [-0.4, -0.2) is 17.7 Å². The van der Waals surface area contributed by atoms with Gasteiger partial charge in [-0.25, -0.2) is 0 Å². The van der Waals surface area contributed by atoms with Crippen molar-refractivity contribution < 1.29 is 22.8 Å². The fourth-order valence-corrected chi connectivity index (χ4v) is 2.14. The second-order valence-electron chi connectivity index (χ2n) is 5.50. The van der Waals surface area contributed by atoms with Crippen molar-refractivity contribution >= 4 is 11.6 Å². The van der Waals surface area contributed by atoms with Gasteiger partial charge in [0.05, 0.1) is 0 Å². The molecular formula is C18H15F3O2. The topological polar surface area (TPSA) is 34.1 Å². The quantitative estimate of drug-likeness (QED) is 0.748. The molecule has 0 bridgehead atoms. The third kappa shape index (κ3) is 3.86. The van der Waals surface area contributed by atoms with Crippen molar-refractivity contribution in [3.8, 4) is 11.1 Å². The van der Waals surface area contributed by atoms with Crippen molar-refractivity contribution in [3.05, 3.63) is 59.7 Å². The van der Waals surface area contributed by atoms with Gasteiger partial charge in [0, 0.05) is 17.0 Å². The first-order chi connectivity index (χ1) is 10.7. The highest BCUT2D eigenvalue weighted by Gasteiger charge is 2.39. The lowest BCUT2D eigenvalue weighted by Gasteiger charge is -2.08. The molecule has 0 aliphatic rings. The summed E-state index contributed by atoms with van der Waals surface area (Å²) in [6, 6.07) is 12.1. The molecule has 0 saturated carbocycles. The smallest absolute Gasteiger partial charge is 0.294 e. The van der Waals surface area contributed by atoms with Gasteiger partial charge in [0.25, 0.3) is 5.78 Å². The van der Waals surface area contributed by atoms with E-state index in [1.54, 1.807) is 24.3 Å². The van der Waals surface area contributed by atoms with Gasteiger partial charge in [0.1, 0.15) is 0 Å². The normalized spacial score (nSPS) is 11.6. The molecular weight excluding hydrogens is 305 g/mol. The minimum absolute atomic E-state index is 0.0303. The standard InChI is InChI=1S/C18H15F3O2/c1-11(2)16(22)14-7-3-12(4-8-14)13-5-9-15(10-6-13)17(23)18(19,20)21/h3-11H,1-2H3. The van der Waals surface area contributed by atoms with Crippen LogP contribution in [-0.2, 0) is 0 Å². The SMILES string of the molecule is CC(C)C(=O)c1ccc(-c2ccc(C(=O)C(F)(F)F)cc2)cc1. The Labute approximate surface area is 131 Å². The van der Waals surface area contributed by atoms with Gasteiger partial charge < -0.3 is 0 Å². The summed E-state index contributed by atoms with van der Waals surface area (Å²) in [5, 5.41) is 0. The van der Waals surface area contributed by atoms with Gasteiger partial charge in [-0.15, -0.1) is 0 Å². The maximum absolute atomic E-state index is 12.4. The number of alkyl halides is 3. The van der Waals surface area contributed by atoms with E-state index in [2.05, 4.69) is 0 Å². The fourth-order valence-electron chi connectivity index (χ4n) is 2.14. The molecule has 0 amide bonds. The summed E-state index contributed by atoms with van der Waals surface area (Å²) in [6.07, 6.45) is -4.87. The lowest BCUT2D eigenvalue weighted by Crippen LogP contribution is -2.22. The monoisotopic (exact) mass is 320 g/mol. The molecule has 0 atom stereocenters. The first kappa shape index (κ1) is 16.9. The zero-order valence-electron chi connectivity index (χ0n) is 12.6. The molecule has 0 radical (unpaired) electrons. The molecule has 2 aromatic carbocycles. The molecule has 5 heteroatoms. The van der Waals surface area contributed by atoms with Gasteiger partial charge in [-0.2, -0.15) is 13.2 Å². The van der Waals surface area contributed by atoms with E-state index in [9.17, 15) is 22.8 Å². The number of carbonyl (C=O) groups excluding carboxylic acids is 2. The first-order valence-electron chi connectivity index (χ1n) is 7.06. The molecule has 23 heavy (non-hydrogen) atoms. The van der Waals surface area contributed by atoms with Crippen molar-refractivity contribution in [1.82, 2.24) is 0 Å². The molecule has 0 aromatic heterocycles. The molecule has 120 valence electrons. The summed E-state index contributed by atoms with van der Waals surface area (Å²) in [7, 11) is 0. The summed E-state index contributed by atoms with van der Waals surface area (Å²) >= 11 is 0. The van der Waals surface area contributed by atoms with Crippen molar-refractivity contribution in [2.75, 3.05) is 0 Å². The summed E-state index contributed by atoms with van der Waals surface area (Å²) in [5.74, 6) is -1.93. The number of ketones is 2. The molecule has 2 rings (SSSR count). The lowest BCUT2D eigenvalue weighted by atomic mass is 9.97. The average Bonchev–Trinajstić information content (AvgIpc) is 2.53. The molecule has 0 spiro atoms. The number of rotatable bonds is 4. The molecule has 0 heterocycles. The van der Waals surface area contributed by atoms with Gasteiger partial charge in [0.2, 0.25) is 0 Å². The Kier molecular flexibility index (Phi) is 4.68. The number of halogens is 3. The third-order valence-corrected chi connectivity index (χ3v) is 3.43. The van der Waals surface area contributed by atoms with Crippen molar-refractivity contribution in [1.29, 1.82) is 0 Å². The number of hydrogen-bond acceptors (Lipinski definition) is 2. The molecule has 0 unspecified atom stereocenters. The highest BCUT2D eigenvalue weighted by atomic mass is 19.4. The van der Waals surface area contributed by atoms with E-state index < -0.39 is 17.5 Å². The zero-order chi connectivity index (χ0) is 17.2. The molecule has 0 N–H and O–H groups in total. The predicted molar refractivity (Wildman–Crippen MR) is 81.4 cm³/mol. The fraction of sp³-hybridized carbons (Fsp3) is 0.222. The number of carbonyl (C=O) groups is 2. The van der Waals surface area contributed by atoms with Crippen LogP contribution in [0, 0.1) is 5.92 Å². The Morgan fingerprint density at radius 1 is 0.783 bits per heavy atom. The average molecular weight is 320 g/mol. The lowest BCUT2D eigenvalue weighted by molar-refractivity contribution is -0.0885. The third-order valence-electron chi connectivity index (χ3n) is 3.43. The van der Waals surface area contributed by atoms with Crippen molar-refractivity contribution in [2.45, 2.75) is 20.0 Å². The predicted octanol–water partition coefficient (Wildman–Crippen LogP) is 4.94. The maximum atomic E-state index is 12.4. The van der Waals surface area contributed by atoms with Gasteiger partial charge in [-0.3, -0.25) is 9.59 Å². The van der Waals surface area contributed by atoms with E-state index in [0.29, 0.717) is 11.1 Å². The Balaban J connectivity index is 2.23. The van der Waals surface area contributed by atoms with Crippen LogP contribution in [0.4, 0.5) is 13.2 Å². The van der Waals surface area contributed by atoms with Gasteiger partial charge in [0.15, 0.2) is 5.78 Å². The van der Waals surface area contributed by atoms with Crippen LogP contribution in [0.15, 0.2) is 48.5 Å². The Hall–Kier alpha value is -2.43. The summed E-state index contributed by atoms with van der Waals surface area (Å²) in [6.45, 7) is 3.62. The van der Waals surface area contributed by atoms with Gasteiger partial charge in [-0.1, -0.05) is 62.4 Å². The van der Waals surface area contributed by atoms with E-state index in [0.717, 1.165) is 17.7 Å². The highest BCUT2D eigenvalue weighted by Crippen LogP contribution is 2.25. The maximum Gasteiger partial charge on any atom is 0.454 e. The Morgan fingerprint density at radius 3 is 1.52 bits per heavy atom. The molecule has 0 aliphatic heterocycles. The van der Waals surface area contributed by atoms with E-state index in [1.165, 1.54) is 12.1 Å². The number of benzene rings is 2. The van der Waals surface area contributed by atoms with Crippen molar-refractivity contribution in [3.63, 3.8) is 0 Å². The molecule has 2 aromatic rings. The van der Waals surface area contributed by atoms with E-state index in [-0.39, 0.29) is 11.7 Å². The Morgan fingerprint density at radius 2 is 1.17 bits per heavy atom. The van der Waals surface area contributed by atoms with E-state index in [4.69, 9.17) is 0 Å². The minimum atomic E-state index is -4.87. The summed E-state index contributed by atoms with van der Waals surface area (Å²) < 4.78 is 37.1. The summed E-state index contributed by atoms with van der Waals surface area (Å²) in [5.41, 5.74) is 1.63.